The van der Waals surface area contributed by atoms with Gasteiger partial charge in [0.05, 0.1) is 5.69 Å². The van der Waals surface area contributed by atoms with Crippen molar-refractivity contribution in [1.29, 1.82) is 0 Å². The van der Waals surface area contributed by atoms with E-state index in [2.05, 4.69) is 4.98 Å². The van der Waals surface area contributed by atoms with E-state index in [1.54, 1.807) is 0 Å². The summed E-state index contributed by atoms with van der Waals surface area (Å²) >= 11 is 0. The van der Waals surface area contributed by atoms with E-state index in [9.17, 15) is 17.2 Å². The van der Waals surface area contributed by atoms with E-state index in [1.165, 1.54) is 12.1 Å². The minimum atomic E-state index is -3.86. The second kappa shape index (κ2) is 4.62. The Balaban J connectivity index is 2.46. The highest BCUT2D eigenvalue weighted by atomic mass is 35.7. The molecule has 1 heterocycles. The van der Waals surface area contributed by atoms with Crippen LogP contribution in [-0.2, 0) is 9.05 Å². The molecule has 18 heavy (non-hydrogen) atoms. The van der Waals surface area contributed by atoms with Crippen molar-refractivity contribution in [2.75, 3.05) is 0 Å². The fraction of sp³-hybridized carbons (Fsp3) is 0. The zero-order valence-electron chi connectivity index (χ0n) is 8.77. The van der Waals surface area contributed by atoms with Crippen molar-refractivity contribution >= 4 is 19.7 Å². The minimum Gasteiger partial charge on any atom is -0.255 e. The normalized spacial score (nSPS) is 11.5. The molecule has 0 radical (unpaired) electrons. The molecule has 1 aromatic carbocycles. The van der Waals surface area contributed by atoms with E-state index in [1.807, 2.05) is 0 Å². The van der Waals surface area contributed by atoms with Crippen molar-refractivity contribution in [2.24, 2.45) is 0 Å². The standard InChI is InChI=1S/C11H6ClF2NO2S/c12-18(16,17)10-1-2-11(15-6-10)7-3-8(13)5-9(14)4-7/h1-6H. The van der Waals surface area contributed by atoms with Gasteiger partial charge in [-0.25, -0.2) is 17.2 Å². The van der Waals surface area contributed by atoms with Crippen LogP contribution in [0.25, 0.3) is 11.3 Å². The molecule has 3 nitrogen and oxygen atoms in total. The number of hydrogen-bond donors (Lipinski definition) is 0. The van der Waals surface area contributed by atoms with E-state index in [0.717, 1.165) is 24.4 Å². The van der Waals surface area contributed by atoms with Crippen LogP contribution in [0.1, 0.15) is 0 Å². The maximum atomic E-state index is 13.0. The summed E-state index contributed by atoms with van der Waals surface area (Å²) in [6, 6.07) is 5.47. The maximum Gasteiger partial charge on any atom is 0.262 e. The molecule has 0 aliphatic rings. The van der Waals surface area contributed by atoms with E-state index in [-0.39, 0.29) is 16.2 Å². The first-order chi connectivity index (χ1) is 8.36. The van der Waals surface area contributed by atoms with Crippen molar-refractivity contribution < 1.29 is 17.2 Å². The van der Waals surface area contributed by atoms with E-state index >= 15 is 0 Å². The molecule has 0 amide bonds. The van der Waals surface area contributed by atoms with Gasteiger partial charge in [-0.05, 0) is 24.3 Å². The van der Waals surface area contributed by atoms with Crippen LogP contribution in [0.5, 0.6) is 0 Å². The number of aromatic nitrogens is 1. The molecule has 2 aromatic rings. The first-order valence-electron chi connectivity index (χ1n) is 4.73. The third-order valence-electron chi connectivity index (χ3n) is 2.18. The smallest absolute Gasteiger partial charge is 0.255 e. The van der Waals surface area contributed by atoms with Crippen molar-refractivity contribution in [3.8, 4) is 11.3 Å². The predicted molar refractivity (Wildman–Crippen MR) is 62.6 cm³/mol. The maximum absolute atomic E-state index is 13.0. The van der Waals surface area contributed by atoms with Crippen LogP contribution >= 0.6 is 10.7 Å². The number of benzene rings is 1. The summed E-state index contributed by atoms with van der Waals surface area (Å²) in [6.45, 7) is 0. The van der Waals surface area contributed by atoms with Gasteiger partial charge in [0.2, 0.25) is 0 Å². The lowest BCUT2D eigenvalue weighted by Crippen LogP contribution is -1.93. The Morgan fingerprint density at radius 2 is 1.67 bits per heavy atom. The Morgan fingerprint density at radius 3 is 2.11 bits per heavy atom. The minimum absolute atomic E-state index is 0.176. The fourth-order valence-electron chi connectivity index (χ4n) is 1.40. The van der Waals surface area contributed by atoms with Crippen LogP contribution in [0.3, 0.4) is 0 Å². The van der Waals surface area contributed by atoms with E-state index < -0.39 is 20.7 Å². The lowest BCUT2D eigenvalue weighted by Gasteiger charge is -2.02. The van der Waals surface area contributed by atoms with Gasteiger partial charge in [0, 0.05) is 28.5 Å². The highest BCUT2D eigenvalue weighted by Gasteiger charge is 2.11. The molecule has 0 saturated heterocycles. The van der Waals surface area contributed by atoms with Crippen LogP contribution in [0, 0.1) is 11.6 Å². The second-order valence-corrected chi connectivity index (χ2v) is 6.04. The molecular weight excluding hydrogens is 284 g/mol. The summed E-state index contributed by atoms with van der Waals surface area (Å²) in [4.78, 5) is 3.62. The summed E-state index contributed by atoms with van der Waals surface area (Å²) < 4.78 is 48.0. The zero-order valence-corrected chi connectivity index (χ0v) is 10.3. The average Bonchev–Trinajstić information content (AvgIpc) is 2.27. The average molecular weight is 290 g/mol. The van der Waals surface area contributed by atoms with Gasteiger partial charge in [-0.1, -0.05) is 0 Å². The molecule has 0 N–H and O–H groups in total. The van der Waals surface area contributed by atoms with Gasteiger partial charge < -0.3 is 0 Å². The highest BCUT2D eigenvalue weighted by molar-refractivity contribution is 8.13. The third kappa shape index (κ3) is 2.83. The summed E-state index contributed by atoms with van der Waals surface area (Å²) in [5.74, 6) is -1.47. The van der Waals surface area contributed by atoms with Gasteiger partial charge in [-0.2, -0.15) is 0 Å². The van der Waals surface area contributed by atoms with Gasteiger partial charge in [-0.3, -0.25) is 4.98 Å². The van der Waals surface area contributed by atoms with Crippen molar-refractivity contribution in [2.45, 2.75) is 4.90 Å². The van der Waals surface area contributed by atoms with E-state index in [4.69, 9.17) is 10.7 Å². The van der Waals surface area contributed by atoms with Crippen LogP contribution in [-0.4, -0.2) is 13.4 Å². The summed E-state index contributed by atoms with van der Waals surface area (Å²) in [5, 5.41) is 0. The topological polar surface area (TPSA) is 47.0 Å². The van der Waals surface area contributed by atoms with Gasteiger partial charge in [-0.15, -0.1) is 0 Å². The van der Waals surface area contributed by atoms with Crippen LogP contribution in [0.2, 0.25) is 0 Å². The summed E-state index contributed by atoms with van der Waals surface area (Å²) in [6.07, 6.45) is 1.03. The number of hydrogen-bond acceptors (Lipinski definition) is 3. The molecule has 0 unspecified atom stereocenters. The molecule has 0 atom stereocenters. The molecule has 0 spiro atoms. The van der Waals surface area contributed by atoms with Crippen LogP contribution in [0.15, 0.2) is 41.4 Å². The molecule has 0 bridgehead atoms. The largest absolute Gasteiger partial charge is 0.262 e. The monoisotopic (exact) mass is 289 g/mol. The zero-order chi connectivity index (χ0) is 13.3. The SMILES string of the molecule is O=S(=O)(Cl)c1ccc(-c2cc(F)cc(F)c2)nc1. The van der Waals surface area contributed by atoms with Crippen LogP contribution in [0.4, 0.5) is 8.78 Å². The molecule has 0 saturated carbocycles. The molecule has 94 valence electrons. The quantitative estimate of drug-likeness (QED) is 0.799. The molecule has 1 aromatic heterocycles. The molecule has 0 fully saturated rings. The van der Waals surface area contributed by atoms with Gasteiger partial charge >= 0.3 is 0 Å². The Hall–Kier alpha value is -1.53. The first-order valence-corrected chi connectivity index (χ1v) is 7.04. The first kappa shape index (κ1) is 12.9. The summed E-state index contributed by atoms with van der Waals surface area (Å²) in [7, 11) is 1.26. The van der Waals surface area contributed by atoms with Gasteiger partial charge in [0.1, 0.15) is 16.5 Å². The Labute approximate surface area is 106 Å². The van der Waals surface area contributed by atoms with Gasteiger partial charge in [0.15, 0.2) is 0 Å². The number of halogens is 3. The fourth-order valence-corrected chi connectivity index (χ4v) is 2.08. The predicted octanol–water partition coefficient (Wildman–Crippen LogP) is 2.95. The third-order valence-corrected chi connectivity index (χ3v) is 3.52. The van der Waals surface area contributed by atoms with Gasteiger partial charge in [0.25, 0.3) is 9.05 Å². The number of nitrogens with zero attached hydrogens (tertiary/aromatic N) is 1. The Kier molecular flexibility index (Phi) is 3.32. The number of rotatable bonds is 2. The van der Waals surface area contributed by atoms with Crippen molar-refractivity contribution in [3.05, 3.63) is 48.2 Å². The Bertz CT molecular complexity index is 666. The summed E-state index contributed by atoms with van der Waals surface area (Å²) in [5.41, 5.74) is 0.462. The molecule has 2 rings (SSSR count). The van der Waals surface area contributed by atoms with E-state index in [0.29, 0.717) is 0 Å². The molecule has 0 aliphatic heterocycles. The van der Waals surface area contributed by atoms with Crippen molar-refractivity contribution in [1.82, 2.24) is 4.98 Å². The lowest BCUT2D eigenvalue weighted by atomic mass is 10.1. The van der Waals surface area contributed by atoms with Crippen molar-refractivity contribution in [3.63, 3.8) is 0 Å². The molecular formula is C11H6ClF2NO2S. The highest BCUT2D eigenvalue weighted by Crippen LogP contribution is 2.21. The van der Waals surface area contributed by atoms with Crippen LogP contribution < -0.4 is 0 Å². The number of pyridine rings is 1. The second-order valence-electron chi connectivity index (χ2n) is 3.48. The Morgan fingerprint density at radius 1 is 1.06 bits per heavy atom. The lowest BCUT2D eigenvalue weighted by molar-refractivity contribution is 0.584. The molecule has 7 heteroatoms. The molecule has 0 aliphatic carbocycles.